The fraction of sp³-hybridized carbons (Fsp3) is 0.600. The number of hydrogen-bond donors (Lipinski definition) is 1. The molecular formula is C10H14N4. The molecule has 0 aromatic rings. The van der Waals surface area contributed by atoms with Crippen LogP contribution in [0.2, 0.25) is 0 Å². The fourth-order valence-electron chi connectivity index (χ4n) is 2.24. The standard InChI is InChI=1S/C10H14N4/c1-7-6-14-9-2-3-11-4-8(9)5-12-10(14)13-7/h5,7,11H,2-4,6H2,1H3. The van der Waals surface area contributed by atoms with Gasteiger partial charge in [-0.15, -0.1) is 0 Å². The van der Waals surface area contributed by atoms with Gasteiger partial charge >= 0.3 is 0 Å². The molecule has 1 unspecified atom stereocenters. The summed E-state index contributed by atoms with van der Waals surface area (Å²) in [6, 6.07) is 0.392. The summed E-state index contributed by atoms with van der Waals surface area (Å²) in [7, 11) is 0. The lowest BCUT2D eigenvalue weighted by Gasteiger charge is -2.30. The number of hydrogen-bond acceptors (Lipinski definition) is 4. The third-order valence-electron chi connectivity index (χ3n) is 2.91. The molecule has 14 heavy (non-hydrogen) atoms. The van der Waals surface area contributed by atoms with E-state index < -0.39 is 0 Å². The fourth-order valence-corrected chi connectivity index (χ4v) is 2.24. The zero-order valence-corrected chi connectivity index (χ0v) is 8.32. The van der Waals surface area contributed by atoms with Crippen LogP contribution in [0.5, 0.6) is 0 Å². The summed E-state index contributed by atoms with van der Waals surface area (Å²) in [5.74, 6) is 0.915. The molecule has 1 atom stereocenters. The maximum absolute atomic E-state index is 4.49. The van der Waals surface area contributed by atoms with Crippen molar-refractivity contribution in [3.05, 3.63) is 11.3 Å². The first-order chi connectivity index (χ1) is 6.84. The summed E-state index contributed by atoms with van der Waals surface area (Å²) in [5, 5.41) is 3.36. The summed E-state index contributed by atoms with van der Waals surface area (Å²) >= 11 is 0. The second-order valence-corrected chi connectivity index (χ2v) is 4.05. The third kappa shape index (κ3) is 1.10. The van der Waals surface area contributed by atoms with Crippen molar-refractivity contribution in [1.82, 2.24) is 10.2 Å². The lowest BCUT2D eigenvalue weighted by atomic mass is 10.1. The minimum absolute atomic E-state index is 0.392. The van der Waals surface area contributed by atoms with E-state index in [1.165, 1.54) is 11.3 Å². The molecule has 1 N–H and O–H groups in total. The van der Waals surface area contributed by atoms with Gasteiger partial charge in [0.15, 0.2) is 0 Å². The molecule has 3 heterocycles. The lowest BCUT2D eigenvalue weighted by molar-refractivity contribution is 0.468. The highest BCUT2D eigenvalue weighted by atomic mass is 15.3. The highest BCUT2D eigenvalue weighted by Crippen LogP contribution is 2.25. The minimum Gasteiger partial charge on any atom is -0.312 e. The van der Waals surface area contributed by atoms with Crippen LogP contribution < -0.4 is 5.32 Å². The van der Waals surface area contributed by atoms with E-state index in [2.05, 4.69) is 27.1 Å². The van der Waals surface area contributed by atoms with Crippen molar-refractivity contribution in [2.24, 2.45) is 9.98 Å². The molecule has 0 aliphatic carbocycles. The maximum atomic E-state index is 4.49. The second-order valence-electron chi connectivity index (χ2n) is 4.05. The van der Waals surface area contributed by atoms with E-state index in [4.69, 9.17) is 0 Å². The molecular weight excluding hydrogens is 176 g/mol. The van der Waals surface area contributed by atoms with Gasteiger partial charge in [0.2, 0.25) is 5.96 Å². The summed E-state index contributed by atoms with van der Waals surface area (Å²) in [6.07, 6.45) is 3.07. The van der Waals surface area contributed by atoms with Gasteiger partial charge in [-0.2, -0.15) is 0 Å². The van der Waals surface area contributed by atoms with Crippen LogP contribution in [-0.4, -0.2) is 42.8 Å². The Bertz CT molecular complexity index is 353. The first-order valence-electron chi connectivity index (χ1n) is 5.17. The average molecular weight is 190 g/mol. The van der Waals surface area contributed by atoms with E-state index in [1.54, 1.807) is 0 Å². The Morgan fingerprint density at radius 3 is 3.43 bits per heavy atom. The predicted octanol–water partition coefficient (Wildman–Crippen LogP) is 0.378. The van der Waals surface area contributed by atoms with E-state index >= 15 is 0 Å². The molecule has 0 bridgehead atoms. The van der Waals surface area contributed by atoms with Gasteiger partial charge in [0.05, 0.1) is 6.04 Å². The first-order valence-corrected chi connectivity index (χ1v) is 5.17. The van der Waals surface area contributed by atoms with Crippen LogP contribution in [0.25, 0.3) is 0 Å². The summed E-state index contributed by atoms with van der Waals surface area (Å²) in [6.45, 7) is 5.18. The van der Waals surface area contributed by atoms with E-state index in [1.807, 2.05) is 6.21 Å². The molecule has 3 aliphatic heterocycles. The Labute approximate surface area is 83.4 Å². The van der Waals surface area contributed by atoms with Crippen LogP contribution >= 0.6 is 0 Å². The number of nitrogens with zero attached hydrogens (tertiary/aromatic N) is 3. The Kier molecular flexibility index (Phi) is 1.70. The number of rotatable bonds is 0. The van der Waals surface area contributed by atoms with E-state index in [9.17, 15) is 0 Å². The zero-order chi connectivity index (χ0) is 9.54. The molecule has 3 rings (SSSR count). The summed E-state index contributed by atoms with van der Waals surface area (Å²) in [4.78, 5) is 11.1. The van der Waals surface area contributed by atoms with Crippen LogP contribution in [0.4, 0.5) is 0 Å². The van der Waals surface area contributed by atoms with Gasteiger partial charge in [0.25, 0.3) is 0 Å². The summed E-state index contributed by atoms with van der Waals surface area (Å²) in [5.41, 5.74) is 2.77. The van der Waals surface area contributed by atoms with Crippen molar-refractivity contribution in [2.45, 2.75) is 19.4 Å². The Balaban J connectivity index is 1.99. The Hall–Kier alpha value is -1.16. The van der Waals surface area contributed by atoms with Crippen molar-refractivity contribution >= 4 is 12.2 Å². The third-order valence-corrected chi connectivity index (χ3v) is 2.91. The smallest absolute Gasteiger partial charge is 0.225 e. The van der Waals surface area contributed by atoms with Crippen LogP contribution in [0.1, 0.15) is 13.3 Å². The Morgan fingerprint density at radius 1 is 1.57 bits per heavy atom. The van der Waals surface area contributed by atoms with Gasteiger partial charge in [0, 0.05) is 43.5 Å². The largest absolute Gasteiger partial charge is 0.312 e. The number of guanidine groups is 1. The molecule has 4 nitrogen and oxygen atoms in total. The predicted molar refractivity (Wildman–Crippen MR) is 56.6 cm³/mol. The average Bonchev–Trinajstić information content (AvgIpc) is 2.59. The molecule has 0 amide bonds. The molecule has 0 aromatic carbocycles. The Morgan fingerprint density at radius 2 is 2.50 bits per heavy atom. The molecule has 0 saturated heterocycles. The van der Waals surface area contributed by atoms with Crippen molar-refractivity contribution in [3.8, 4) is 0 Å². The van der Waals surface area contributed by atoms with E-state index in [-0.39, 0.29) is 0 Å². The van der Waals surface area contributed by atoms with Gasteiger partial charge < -0.3 is 10.2 Å². The molecule has 0 radical (unpaired) electrons. The molecule has 0 aromatic heterocycles. The lowest BCUT2D eigenvalue weighted by Crippen LogP contribution is -2.38. The monoisotopic (exact) mass is 190 g/mol. The van der Waals surface area contributed by atoms with Crippen LogP contribution in [0.15, 0.2) is 21.3 Å². The molecule has 0 fully saturated rings. The van der Waals surface area contributed by atoms with Crippen LogP contribution in [0, 0.1) is 0 Å². The quantitative estimate of drug-likeness (QED) is 0.600. The number of aliphatic imine (C=N–C) groups is 2. The van der Waals surface area contributed by atoms with Gasteiger partial charge in [0.1, 0.15) is 0 Å². The topological polar surface area (TPSA) is 40.0 Å². The maximum Gasteiger partial charge on any atom is 0.225 e. The molecule has 3 aliphatic rings. The van der Waals surface area contributed by atoms with E-state index in [0.29, 0.717) is 6.04 Å². The normalized spacial score (nSPS) is 30.2. The minimum atomic E-state index is 0.392. The van der Waals surface area contributed by atoms with Gasteiger partial charge in [-0.3, -0.25) is 0 Å². The van der Waals surface area contributed by atoms with Gasteiger partial charge in [-0.25, -0.2) is 9.98 Å². The number of fused-ring (bicyclic) bond motifs is 2. The molecule has 0 saturated carbocycles. The summed E-state index contributed by atoms with van der Waals surface area (Å²) < 4.78 is 0. The van der Waals surface area contributed by atoms with Crippen LogP contribution in [-0.2, 0) is 0 Å². The molecule has 74 valence electrons. The zero-order valence-electron chi connectivity index (χ0n) is 8.32. The van der Waals surface area contributed by atoms with E-state index in [0.717, 1.165) is 32.0 Å². The first kappa shape index (κ1) is 8.17. The van der Waals surface area contributed by atoms with Gasteiger partial charge in [-0.1, -0.05) is 0 Å². The van der Waals surface area contributed by atoms with Crippen LogP contribution in [0.3, 0.4) is 0 Å². The van der Waals surface area contributed by atoms with Crippen molar-refractivity contribution in [2.75, 3.05) is 19.6 Å². The highest BCUT2D eigenvalue weighted by Gasteiger charge is 2.29. The highest BCUT2D eigenvalue weighted by molar-refractivity contribution is 5.99. The second kappa shape index (κ2) is 2.92. The molecule has 4 heteroatoms. The number of nitrogens with one attached hydrogen (secondary N) is 1. The van der Waals surface area contributed by atoms with Gasteiger partial charge in [-0.05, 0) is 6.92 Å². The van der Waals surface area contributed by atoms with Crippen molar-refractivity contribution < 1.29 is 0 Å². The molecule has 0 spiro atoms. The van der Waals surface area contributed by atoms with Crippen molar-refractivity contribution in [1.29, 1.82) is 0 Å². The SMILES string of the molecule is CC1CN2C(=N1)N=CC1=C2CCNC1. The van der Waals surface area contributed by atoms with Crippen molar-refractivity contribution in [3.63, 3.8) is 0 Å².